The molecule has 4 rings (SSSR count). The summed E-state index contributed by atoms with van der Waals surface area (Å²) < 4.78 is 3.58. The molecule has 0 aliphatic heterocycles. The summed E-state index contributed by atoms with van der Waals surface area (Å²) in [6.45, 7) is 4.74. The summed E-state index contributed by atoms with van der Waals surface area (Å²) in [4.78, 5) is 32.9. The van der Waals surface area contributed by atoms with Crippen LogP contribution in [0.4, 0.5) is 0 Å². The first-order valence-corrected chi connectivity index (χ1v) is 10.9. The molecule has 0 unspecified atom stereocenters. The monoisotopic (exact) mass is 408 g/mol. The van der Waals surface area contributed by atoms with E-state index < -0.39 is 0 Å². The summed E-state index contributed by atoms with van der Waals surface area (Å²) in [5, 5.41) is 1.40. The minimum atomic E-state index is -0.0865. The molecular weight excluding hydrogens is 384 g/mol. The summed E-state index contributed by atoms with van der Waals surface area (Å²) in [6, 6.07) is 15.3. The highest BCUT2D eigenvalue weighted by Crippen LogP contribution is 2.23. The molecule has 1 N–H and O–H groups in total. The van der Waals surface area contributed by atoms with Crippen LogP contribution in [0, 0.1) is 0 Å². The van der Waals surface area contributed by atoms with Crippen LogP contribution in [-0.2, 0) is 6.54 Å². The van der Waals surface area contributed by atoms with E-state index in [0.29, 0.717) is 11.9 Å². The van der Waals surface area contributed by atoms with Gasteiger partial charge < -0.3 is 4.98 Å². The smallest absolute Gasteiger partial charge is 0.306 e. The zero-order valence-electron chi connectivity index (χ0n) is 16.6. The molecule has 0 aliphatic carbocycles. The number of aromatic nitrogens is 4. The maximum absolute atomic E-state index is 13.0. The lowest BCUT2D eigenvalue weighted by Crippen LogP contribution is -2.26. The van der Waals surface area contributed by atoms with Crippen LogP contribution in [0.5, 0.6) is 0 Å². The second-order valence-corrected chi connectivity index (χ2v) is 8.21. The van der Waals surface area contributed by atoms with Crippen molar-refractivity contribution in [3.8, 4) is 0 Å². The highest BCUT2D eigenvalue weighted by molar-refractivity contribution is 7.99. The Morgan fingerprint density at radius 3 is 2.69 bits per heavy atom. The first-order valence-electron chi connectivity index (χ1n) is 9.91. The lowest BCUT2D eigenvalue weighted by atomic mass is 10.2. The Labute approximate surface area is 172 Å². The van der Waals surface area contributed by atoms with Crippen molar-refractivity contribution in [2.45, 2.75) is 44.4 Å². The van der Waals surface area contributed by atoms with Gasteiger partial charge in [-0.25, -0.2) is 9.78 Å². The number of nitrogens with zero attached hydrogens (tertiary/aromatic N) is 3. The molecule has 0 bridgehead atoms. The first-order chi connectivity index (χ1) is 14.1. The predicted octanol–water partition coefficient (Wildman–Crippen LogP) is 4.19. The van der Waals surface area contributed by atoms with Gasteiger partial charge in [0.15, 0.2) is 5.16 Å². The van der Waals surface area contributed by atoms with Gasteiger partial charge in [-0.2, -0.15) is 0 Å². The number of aryl methyl sites for hydroxylation is 1. The molecule has 150 valence electrons. The van der Waals surface area contributed by atoms with Crippen LogP contribution in [0.25, 0.3) is 21.9 Å². The zero-order chi connectivity index (χ0) is 20.4. The van der Waals surface area contributed by atoms with Crippen molar-refractivity contribution in [2.75, 3.05) is 5.75 Å². The molecule has 0 amide bonds. The van der Waals surface area contributed by atoms with Gasteiger partial charge in [-0.05, 0) is 44.0 Å². The van der Waals surface area contributed by atoms with Gasteiger partial charge in [0.2, 0.25) is 0 Å². The number of fused-ring (bicyclic) bond motifs is 2. The van der Waals surface area contributed by atoms with Gasteiger partial charge in [0.1, 0.15) is 0 Å². The Kier molecular flexibility index (Phi) is 5.58. The van der Waals surface area contributed by atoms with Gasteiger partial charge in [-0.15, -0.1) is 0 Å². The fourth-order valence-corrected chi connectivity index (χ4v) is 4.53. The first kappa shape index (κ1) is 19.5. The molecule has 0 saturated carbocycles. The SMILES string of the molecule is CC[C@@H](C)n1c(SCCCn2c(=O)[nH]c3ccccc32)nc2ccccc2c1=O. The van der Waals surface area contributed by atoms with Crippen molar-refractivity contribution in [2.24, 2.45) is 0 Å². The summed E-state index contributed by atoms with van der Waals surface area (Å²) in [5.74, 6) is 0.771. The molecule has 0 spiro atoms. The average molecular weight is 409 g/mol. The number of imidazole rings is 1. The second-order valence-electron chi connectivity index (χ2n) is 7.14. The maximum Gasteiger partial charge on any atom is 0.326 e. The lowest BCUT2D eigenvalue weighted by Gasteiger charge is -2.18. The Balaban J connectivity index is 1.55. The van der Waals surface area contributed by atoms with Crippen LogP contribution >= 0.6 is 11.8 Å². The molecular formula is C22H24N4O2S. The standard InChI is InChI=1S/C22H24N4O2S/c1-3-15(2)26-20(27)16-9-4-5-10-17(16)24-22(26)29-14-8-13-25-19-12-7-6-11-18(19)23-21(25)28/h4-7,9-12,15H,3,8,13-14H2,1-2H3,(H,23,28)/t15-/m1/s1. The molecule has 0 aliphatic rings. The molecule has 0 radical (unpaired) electrons. The molecule has 4 aromatic rings. The Morgan fingerprint density at radius 2 is 1.86 bits per heavy atom. The van der Waals surface area contributed by atoms with E-state index in [-0.39, 0.29) is 17.3 Å². The molecule has 7 heteroatoms. The normalized spacial score (nSPS) is 12.6. The van der Waals surface area contributed by atoms with Crippen LogP contribution in [0.3, 0.4) is 0 Å². The van der Waals surface area contributed by atoms with E-state index in [1.807, 2.05) is 60.0 Å². The van der Waals surface area contributed by atoms with Crippen LogP contribution < -0.4 is 11.2 Å². The number of rotatable bonds is 7. The molecule has 1 atom stereocenters. The van der Waals surface area contributed by atoms with Crippen molar-refractivity contribution >= 4 is 33.7 Å². The number of nitrogens with one attached hydrogen (secondary N) is 1. The fraction of sp³-hybridized carbons (Fsp3) is 0.318. The topological polar surface area (TPSA) is 72.7 Å². The summed E-state index contributed by atoms with van der Waals surface area (Å²) in [5.41, 5.74) is 2.43. The van der Waals surface area contributed by atoms with E-state index in [9.17, 15) is 9.59 Å². The summed E-state index contributed by atoms with van der Waals surface area (Å²) in [7, 11) is 0. The number of H-pyrrole nitrogens is 1. The third kappa shape index (κ3) is 3.74. The van der Waals surface area contributed by atoms with Gasteiger partial charge in [-0.1, -0.05) is 43.0 Å². The van der Waals surface area contributed by atoms with Crippen molar-refractivity contribution < 1.29 is 0 Å². The largest absolute Gasteiger partial charge is 0.326 e. The van der Waals surface area contributed by atoms with Gasteiger partial charge in [0.25, 0.3) is 5.56 Å². The number of aromatic amines is 1. The highest BCUT2D eigenvalue weighted by atomic mass is 32.2. The Bertz CT molecular complexity index is 1270. The van der Waals surface area contributed by atoms with E-state index in [1.165, 1.54) is 0 Å². The Morgan fingerprint density at radius 1 is 1.10 bits per heavy atom. The van der Waals surface area contributed by atoms with Crippen molar-refractivity contribution in [3.63, 3.8) is 0 Å². The number of hydrogen-bond acceptors (Lipinski definition) is 4. The zero-order valence-corrected chi connectivity index (χ0v) is 17.4. The van der Waals surface area contributed by atoms with Gasteiger partial charge in [-0.3, -0.25) is 13.9 Å². The van der Waals surface area contributed by atoms with Crippen LogP contribution in [0.1, 0.15) is 32.7 Å². The highest BCUT2D eigenvalue weighted by Gasteiger charge is 2.15. The molecule has 0 fully saturated rings. The molecule has 2 heterocycles. The second kappa shape index (κ2) is 8.29. The number of benzene rings is 2. The van der Waals surface area contributed by atoms with Gasteiger partial charge in [0, 0.05) is 18.3 Å². The minimum Gasteiger partial charge on any atom is -0.306 e. The van der Waals surface area contributed by atoms with E-state index in [2.05, 4.69) is 11.9 Å². The predicted molar refractivity (Wildman–Crippen MR) is 119 cm³/mol. The van der Waals surface area contributed by atoms with Crippen molar-refractivity contribution in [1.29, 1.82) is 0 Å². The number of hydrogen-bond donors (Lipinski definition) is 1. The third-order valence-electron chi connectivity index (χ3n) is 5.25. The summed E-state index contributed by atoms with van der Waals surface area (Å²) in [6.07, 6.45) is 1.66. The van der Waals surface area contributed by atoms with E-state index >= 15 is 0 Å². The lowest BCUT2D eigenvalue weighted by molar-refractivity contribution is 0.468. The molecule has 2 aromatic carbocycles. The van der Waals surface area contributed by atoms with Crippen LogP contribution in [0.15, 0.2) is 63.3 Å². The minimum absolute atomic E-state index is 0.0142. The Hall–Kier alpha value is -2.80. The average Bonchev–Trinajstić information content (AvgIpc) is 3.06. The van der Waals surface area contributed by atoms with E-state index in [4.69, 9.17) is 4.98 Å². The summed E-state index contributed by atoms with van der Waals surface area (Å²) >= 11 is 1.58. The van der Waals surface area contributed by atoms with Crippen LogP contribution in [-0.4, -0.2) is 24.9 Å². The molecule has 0 saturated heterocycles. The van der Waals surface area contributed by atoms with E-state index in [0.717, 1.165) is 40.3 Å². The van der Waals surface area contributed by atoms with Gasteiger partial charge >= 0.3 is 5.69 Å². The van der Waals surface area contributed by atoms with Crippen LogP contribution in [0.2, 0.25) is 0 Å². The van der Waals surface area contributed by atoms with E-state index in [1.54, 1.807) is 16.3 Å². The van der Waals surface area contributed by atoms with Crippen molar-refractivity contribution in [1.82, 2.24) is 19.1 Å². The van der Waals surface area contributed by atoms with Gasteiger partial charge in [0.05, 0.1) is 21.9 Å². The molecule has 2 aromatic heterocycles. The molecule has 29 heavy (non-hydrogen) atoms. The number of para-hydroxylation sites is 3. The molecule has 6 nitrogen and oxygen atoms in total. The maximum atomic E-state index is 13.0. The third-order valence-corrected chi connectivity index (χ3v) is 6.28. The van der Waals surface area contributed by atoms with Crippen molar-refractivity contribution in [3.05, 3.63) is 69.4 Å². The fourth-order valence-electron chi connectivity index (χ4n) is 3.51. The number of thioether (sulfide) groups is 1. The quantitative estimate of drug-likeness (QED) is 0.283.